The van der Waals surface area contributed by atoms with Crippen LogP contribution in [-0.4, -0.2) is 11.0 Å². The highest BCUT2D eigenvalue weighted by molar-refractivity contribution is 9.10. The number of urea groups is 1. The van der Waals surface area contributed by atoms with Crippen LogP contribution in [-0.2, 0) is 6.54 Å². The van der Waals surface area contributed by atoms with Crippen molar-refractivity contribution in [3.63, 3.8) is 0 Å². The van der Waals surface area contributed by atoms with Gasteiger partial charge in [0, 0.05) is 27.1 Å². The summed E-state index contributed by atoms with van der Waals surface area (Å²) in [6.45, 7) is 2.35. The summed E-state index contributed by atoms with van der Waals surface area (Å²) in [6.07, 6.45) is 1.81. The Morgan fingerprint density at radius 3 is 2.65 bits per heavy atom. The molecule has 2 aromatic carbocycles. The molecule has 3 rings (SSSR count). The molecule has 2 N–H and O–H groups in total. The molecule has 0 aliphatic rings. The second-order valence-electron chi connectivity index (χ2n) is 5.37. The number of amides is 2. The molecule has 1 heterocycles. The summed E-state index contributed by atoms with van der Waals surface area (Å²) in [5, 5.41) is 1.95. The van der Waals surface area contributed by atoms with Crippen LogP contribution in [0.3, 0.4) is 0 Å². The van der Waals surface area contributed by atoms with Gasteiger partial charge in [-0.05, 0) is 36.8 Å². The maximum Gasteiger partial charge on any atom is 0.319 e. The number of hydrogen-bond donors (Lipinski definition) is 1. The maximum atomic E-state index is 12.0. The van der Waals surface area contributed by atoms with Crippen LogP contribution in [0.1, 0.15) is 11.3 Å². The molecule has 0 aliphatic heterocycles. The zero-order chi connectivity index (χ0) is 16.4. The summed E-state index contributed by atoms with van der Waals surface area (Å²) >= 11 is 3.41. The molecule has 0 saturated carbocycles. The Morgan fingerprint density at radius 2 is 1.96 bits per heavy atom. The van der Waals surface area contributed by atoms with Crippen molar-refractivity contribution in [2.75, 3.05) is 4.90 Å². The van der Waals surface area contributed by atoms with E-state index in [4.69, 9.17) is 5.73 Å². The van der Waals surface area contributed by atoms with Gasteiger partial charge in [0.1, 0.15) is 0 Å². The Labute approximate surface area is 143 Å². The van der Waals surface area contributed by atoms with Crippen molar-refractivity contribution in [2.45, 2.75) is 13.5 Å². The summed E-state index contributed by atoms with van der Waals surface area (Å²) in [4.78, 5) is 17.9. The largest absolute Gasteiger partial charge is 0.351 e. The van der Waals surface area contributed by atoms with Crippen molar-refractivity contribution < 1.29 is 4.79 Å². The van der Waals surface area contributed by atoms with Crippen molar-refractivity contribution >= 4 is 38.4 Å². The highest BCUT2D eigenvalue weighted by Gasteiger charge is 2.16. The fourth-order valence-electron chi connectivity index (χ4n) is 2.55. The van der Waals surface area contributed by atoms with Gasteiger partial charge in [0.05, 0.1) is 12.2 Å². The number of nitrogens with zero attached hydrogens (tertiary/aromatic N) is 2. The molecule has 0 spiro atoms. The number of benzene rings is 2. The molecule has 116 valence electrons. The zero-order valence-electron chi connectivity index (χ0n) is 12.7. The van der Waals surface area contributed by atoms with Crippen LogP contribution in [0.2, 0.25) is 0 Å². The third kappa shape index (κ3) is 3.35. The number of halogens is 1. The number of aromatic nitrogens is 1. The summed E-state index contributed by atoms with van der Waals surface area (Å²) in [5.74, 6) is 0. The molecule has 23 heavy (non-hydrogen) atoms. The number of anilines is 1. The average Bonchev–Trinajstić information content (AvgIpc) is 2.53. The van der Waals surface area contributed by atoms with Gasteiger partial charge in [-0.2, -0.15) is 0 Å². The summed E-state index contributed by atoms with van der Waals surface area (Å²) in [7, 11) is 0. The van der Waals surface area contributed by atoms with Crippen LogP contribution in [0.25, 0.3) is 10.8 Å². The van der Waals surface area contributed by atoms with E-state index in [9.17, 15) is 4.79 Å². The molecular weight excluding hydrogens is 354 g/mol. The number of carbonyl (C=O) groups excluding carboxylic acids is 1. The van der Waals surface area contributed by atoms with Gasteiger partial charge in [-0.3, -0.25) is 9.88 Å². The molecule has 0 unspecified atom stereocenters. The number of carbonyl (C=O) groups is 1. The first kappa shape index (κ1) is 15.5. The van der Waals surface area contributed by atoms with Gasteiger partial charge in [-0.25, -0.2) is 4.79 Å². The lowest BCUT2D eigenvalue weighted by molar-refractivity contribution is 0.253. The number of primary amides is 1. The van der Waals surface area contributed by atoms with E-state index in [0.717, 1.165) is 32.2 Å². The van der Waals surface area contributed by atoms with E-state index in [1.54, 1.807) is 4.90 Å². The van der Waals surface area contributed by atoms with Crippen LogP contribution in [0, 0.1) is 6.92 Å². The fraction of sp³-hybridized carbons (Fsp3) is 0.111. The van der Waals surface area contributed by atoms with Crippen LogP contribution in [0.5, 0.6) is 0 Å². The third-order valence-electron chi connectivity index (χ3n) is 3.69. The molecule has 0 atom stereocenters. The first-order valence-corrected chi connectivity index (χ1v) is 8.00. The van der Waals surface area contributed by atoms with Gasteiger partial charge in [0.2, 0.25) is 0 Å². The molecule has 5 heteroatoms. The van der Waals surface area contributed by atoms with E-state index in [-0.39, 0.29) is 0 Å². The lowest BCUT2D eigenvalue weighted by Crippen LogP contribution is -2.35. The van der Waals surface area contributed by atoms with Crippen molar-refractivity contribution in [1.29, 1.82) is 0 Å². The van der Waals surface area contributed by atoms with Gasteiger partial charge in [0.25, 0.3) is 0 Å². The number of pyridine rings is 1. The number of nitrogens with two attached hydrogens (primary N) is 1. The normalized spacial score (nSPS) is 10.7. The Bertz CT molecular complexity index is 862. The van der Waals surface area contributed by atoms with Crippen LogP contribution < -0.4 is 10.6 Å². The predicted octanol–water partition coefficient (Wildman–Crippen LogP) is 4.39. The summed E-state index contributed by atoms with van der Waals surface area (Å²) < 4.78 is 0.999. The molecule has 0 bridgehead atoms. The molecule has 0 saturated heterocycles. The minimum atomic E-state index is -0.477. The predicted molar refractivity (Wildman–Crippen MR) is 96.4 cm³/mol. The van der Waals surface area contributed by atoms with E-state index >= 15 is 0 Å². The van der Waals surface area contributed by atoms with Gasteiger partial charge in [-0.15, -0.1) is 0 Å². The monoisotopic (exact) mass is 369 g/mol. The highest BCUT2D eigenvalue weighted by Crippen LogP contribution is 2.28. The molecular formula is C18H16BrN3O. The SMILES string of the molecule is Cc1cc2c(N(Cc3ccc(Br)cc3)C(N)=O)cccc2cn1. The Hall–Kier alpha value is -2.40. The number of hydrogen-bond acceptors (Lipinski definition) is 2. The van der Waals surface area contributed by atoms with Crippen LogP contribution in [0.15, 0.2) is 59.2 Å². The minimum Gasteiger partial charge on any atom is -0.351 e. The van der Waals surface area contributed by atoms with Crippen molar-refractivity contribution in [3.05, 3.63) is 70.5 Å². The second-order valence-corrected chi connectivity index (χ2v) is 6.29. The third-order valence-corrected chi connectivity index (χ3v) is 4.22. The number of aryl methyl sites for hydroxylation is 1. The van der Waals surface area contributed by atoms with E-state index in [2.05, 4.69) is 20.9 Å². The van der Waals surface area contributed by atoms with Gasteiger partial charge < -0.3 is 5.73 Å². The Morgan fingerprint density at radius 1 is 1.22 bits per heavy atom. The zero-order valence-corrected chi connectivity index (χ0v) is 14.2. The molecule has 0 aliphatic carbocycles. The van der Waals surface area contributed by atoms with Crippen LogP contribution in [0.4, 0.5) is 10.5 Å². The fourth-order valence-corrected chi connectivity index (χ4v) is 2.81. The molecule has 4 nitrogen and oxygen atoms in total. The van der Waals surface area contributed by atoms with Gasteiger partial charge in [0.15, 0.2) is 0 Å². The topological polar surface area (TPSA) is 59.2 Å². The lowest BCUT2D eigenvalue weighted by Gasteiger charge is -2.22. The van der Waals surface area contributed by atoms with Crippen molar-refractivity contribution in [3.8, 4) is 0 Å². The Kier molecular flexibility index (Phi) is 4.30. The smallest absolute Gasteiger partial charge is 0.319 e. The summed E-state index contributed by atoms with van der Waals surface area (Å²) in [6, 6.07) is 15.1. The number of rotatable bonds is 3. The van der Waals surface area contributed by atoms with Gasteiger partial charge >= 0.3 is 6.03 Å². The average molecular weight is 370 g/mol. The minimum absolute atomic E-state index is 0.420. The first-order valence-electron chi connectivity index (χ1n) is 7.21. The Balaban J connectivity index is 2.06. The maximum absolute atomic E-state index is 12.0. The quantitative estimate of drug-likeness (QED) is 0.743. The van der Waals surface area contributed by atoms with Crippen molar-refractivity contribution in [2.24, 2.45) is 5.73 Å². The molecule has 2 amide bonds. The van der Waals surface area contributed by atoms with E-state index in [1.165, 1.54) is 0 Å². The van der Waals surface area contributed by atoms with Crippen LogP contribution >= 0.6 is 15.9 Å². The summed E-state index contributed by atoms with van der Waals surface area (Å²) in [5.41, 5.74) is 8.34. The standard InChI is InChI=1S/C18H16BrN3O/c1-12-9-16-14(10-21-12)3-2-4-17(16)22(18(20)23)11-13-5-7-15(19)8-6-13/h2-10H,11H2,1H3,(H2,20,23). The molecule has 0 fully saturated rings. The first-order chi connectivity index (χ1) is 11.0. The highest BCUT2D eigenvalue weighted by atomic mass is 79.9. The molecule has 3 aromatic rings. The van der Waals surface area contributed by atoms with Gasteiger partial charge in [-0.1, -0.05) is 40.2 Å². The second kappa shape index (κ2) is 6.38. The van der Waals surface area contributed by atoms with E-state index in [1.807, 2.05) is 61.7 Å². The van der Waals surface area contributed by atoms with E-state index in [0.29, 0.717) is 6.54 Å². The lowest BCUT2D eigenvalue weighted by atomic mass is 10.1. The molecule has 1 aromatic heterocycles. The number of fused-ring (bicyclic) bond motifs is 1. The van der Waals surface area contributed by atoms with Crippen molar-refractivity contribution in [1.82, 2.24) is 4.98 Å². The molecule has 0 radical (unpaired) electrons. The van der Waals surface area contributed by atoms with E-state index < -0.39 is 6.03 Å².